The van der Waals surface area contributed by atoms with Crippen LogP contribution >= 0.6 is 11.3 Å². The Bertz CT molecular complexity index is 1860. The molecule has 1 aliphatic rings. The molecule has 0 fully saturated rings. The fourth-order valence-electron chi connectivity index (χ4n) is 5.42. The fraction of sp³-hybridized carbons (Fsp3) is 0.0278. The van der Waals surface area contributed by atoms with Crippen molar-refractivity contribution in [2.45, 2.75) is 6.42 Å². The van der Waals surface area contributed by atoms with Crippen LogP contribution in [0.25, 0.3) is 20.2 Å². The van der Waals surface area contributed by atoms with E-state index in [1.54, 1.807) is 0 Å². The topological polar surface area (TPSA) is 19.4 Å². The highest BCUT2D eigenvalue weighted by Gasteiger charge is 2.20. The number of hydrogen-bond donors (Lipinski definition) is 0. The number of hydrogen-bond acceptors (Lipinski definition) is 4. The highest BCUT2D eigenvalue weighted by atomic mass is 32.1. The number of rotatable bonds is 4. The predicted molar refractivity (Wildman–Crippen MR) is 172 cm³/mol. The Morgan fingerprint density at radius 3 is 2.25 bits per heavy atom. The molecule has 0 radical (unpaired) electrons. The van der Waals surface area contributed by atoms with Gasteiger partial charge in [0, 0.05) is 50.1 Å². The largest absolute Gasteiger partial charge is 0.311 e. The van der Waals surface area contributed by atoms with Gasteiger partial charge in [-0.1, -0.05) is 79.4 Å². The first-order chi connectivity index (χ1) is 19.8. The van der Waals surface area contributed by atoms with Crippen molar-refractivity contribution in [2.24, 2.45) is 0 Å². The summed E-state index contributed by atoms with van der Waals surface area (Å²) in [5, 5.41) is 2.34. The van der Waals surface area contributed by atoms with E-state index in [-0.39, 0.29) is 0 Å². The standard InChI is InChI=1S/C36H27N3S/c1-26-13-5-2-6-14-27-15-11-12-20-33(27)38(26)30-21-22-35-31(23-30)32-24-37-25-34(36(32)40-35)39(28-16-7-3-8-17-28)29-18-9-4-10-19-29/h2-13,15-25H,1,14H2/b6-2-,13-5-. The summed E-state index contributed by atoms with van der Waals surface area (Å²) in [6.07, 6.45) is 13.3. The molecule has 0 aliphatic carbocycles. The van der Waals surface area contributed by atoms with Crippen LogP contribution in [0.4, 0.5) is 28.4 Å². The van der Waals surface area contributed by atoms with E-state index in [0.717, 1.165) is 45.9 Å². The van der Waals surface area contributed by atoms with E-state index in [0.29, 0.717) is 0 Å². The predicted octanol–water partition coefficient (Wildman–Crippen LogP) is 10.2. The van der Waals surface area contributed by atoms with Gasteiger partial charge >= 0.3 is 0 Å². The van der Waals surface area contributed by atoms with Gasteiger partial charge in [-0.2, -0.15) is 0 Å². The van der Waals surface area contributed by atoms with E-state index in [1.165, 1.54) is 20.3 Å². The lowest BCUT2D eigenvalue weighted by Gasteiger charge is -2.27. The Hall–Kier alpha value is -4.93. The van der Waals surface area contributed by atoms with Gasteiger partial charge < -0.3 is 9.80 Å². The van der Waals surface area contributed by atoms with E-state index in [1.807, 2.05) is 23.7 Å². The molecule has 3 nitrogen and oxygen atoms in total. The molecule has 192 valence electrons. The Morgan fingerprint density at radius 2 is 1.48 bits per heavy atom. The molecule has 3 heterocycles. The maximum atomic E-state index is 4.75. The van der Waals surface area contributed by atoms with Crippen LogP contribution in [0.2, 0.25) is 0 Å². The Labute approximate surface area is 238 Å². The van der Waals surface area contributed by atoms with E-state index < -0.39 is 0 Å². The van der Waals surface area contributed by atoms with Crippen molar-refractivity contribution in [3.63, 3.8) is 0 Å². The van der Waals surface area contributed by atoms with Gasteiger partial charge in [0.15, 0.2) is 0 Å². The number of fused-ring (bicyclic) bond motifs is 4. The van der Waals surface area contributed by atoms with Gasteiger partial charge in [-0.05, 0) is 66.6 Å². The van der Waals surface area contributed by atoms with Gasteiger partial charge in [-0.25, -0.2) is 0 Å². The van der Waals surface area contributed by atoms with Crippen LogP contribution in [0.3, 0.4) is 0 Å². The second kappa shape index (κ2) is 10.3. The summed E-state index contributed by atoms with van der Waals surface area (Å²) in [6, 6.07) is 36.3. The van der Waals surface area contributed by atoms with Gasteiger partial charge in [0.25, 0.3) is 0 Å². The van der Waals surface area contributed by atoms with Crippen LogP contribution in [0.15, 0.2) is 152 Å². The molecule has 0 N–H and O–H groups in total. The maximum Gasteiger partial charge on any atom is 0.0824 e. The Kier molecular flexibility index (Phi) is 6.23. The first kappa shape index (κ1) is 24.1. The molecule has 0 bridgehead atoms. The minimum Gasteiger partial charge on any atom is -0.311 e. The van der Waals surface area contributed by atoms with Crippen molar-refractivity contribution < 1.29 is 0 Å². The summed E-state index contributed by atoms with van der Waals surface area (Å²) in [7, 11) is 0. The van der Waals surface area contributed by atoms with Crippen LogP contribution in [0, 0.1) is 0 Å². The number of aromatic nitrogens is 1. The first-order valence-corrected chi connectivity index (χ1v) is 14.2. The van der Waals surface area contributed by atoms with E-state index in [2.05, 4.69) is 144 Å². The molecule has 0 unspecified atom stereocenters. The second-order valence-corrected chi connectivity index (χ2v) is 10.8. The molecule has 0 spiro atoms. The minimum absolute atomic E-state index is 0.871. The van der Waals surface area contributed by atoms with Crippen LogP contribution in [-0.2, 0) is 6.42 Å². The van der Waals surface area contributed by atoms with Gasteiger partial charge in [-0.15, -0.1) is 11.3 Å². The van der Waals surface area contributed by atoms with Crippen molar-refractivity contribution in [1.29, 1.82) is 0 Å². The maximum absolute atomic E-state index is 4.75. The third kappa shape index (κ3) is 4.29. The molecule has 4 heteroatoms. The van der Waals surface area contributed by atoms with Crippen molar-refractivity contribution >= 4 is 59.9 Å². The smallest absolute Gasteiger partial charge is 0.0824 e. The second-order valence-electron chi connectivity index (χ2n) is 9.77. The number of nitrogens with zero attached hydrogens (tertiary/aromatic N) is 3. The lowest BCUT2D eigenvalue weighted by atomic mass is 10.1. The van der Waals surface area contributed by atoms with E-state index >= 15 is 0 Å². The number of allylic oxidation sites excluding steroid dienone is 4. The highest BCUT2D eigenvalue weighted by molar-refractivity contribution is 7.26. The number of pyridine rings is 1. The number of benzene rings is 4. The van der Waals surface area contributed by atoms with Crippen LogP contribution in [0.1, 0.15) is 5.56 Å². The van der Waals surface area contributed by atoms with Gasteiger partial charge in [0.05, 0.1) is 16.6 Å². The van der Waals surface area contributed by atoms with Crippen molar-refractivity contribution in [3.05, 3.63) is 158 Å². The zero-order valence-electron chi connectivity index (χ0n) is 21.9. The average molecular weight is 534 g/mol. The van der Waals surface area contributed by atoms with E-state index in [9.17, 15) is 0 Å². The average Bonchev–Trinajstić information content (AvgIpc) is 3.41. The lowest BCUT2D eigenvalue weighted by Crippen LogP contribution is -2.15. The molecule has 0 saturated heterocycles. The summed E-state index contributed by atoms with van der Waals surface area (Å²) in [5.74, 6) is 0. The summed E-state index contributed by atoms with van der Waals surface area (Å²) < 4.78 is 2.44. The van der Waals surface area contributed by atoms with Crippen LogP contribution in [0.5, 0.6) is 0 Å². The zero-order chi connectivity index (χ0) is 26.9. The molecule has 6 aromatic rings. The van der Waals surface area contributed by atoms with E-state index in [4.69, 9.17) is 4.98 Å². The molecule has 7 rings (SSSR count). The van der Waals surface area contributed by atoms with Gasteiger partial charge in [-0.3, -0.25) is 4.98 Å². The Morgan fingerprint density at radius 1 is 0.750 bits per heavy atom. The molecule has 0 amide bonds. The molecule has 4 aromatic carbocycles. The van der Waals surface area contributed by atoms with Crippen LogP contribution in [-0.4, -0.2) is 4.98 Å². The molecule has 2 aromatic heterocycles. The summed E-state index contributed by atoms with van der Waals surface area (Å²) in [5.41, 5.74) is 7.71. The summed E-state index contributed by atoms with van der Waals surface area (Å²) in [6.45, 7) is 4.44. The number of anilines is 5. The van der Waals surface area contributed by atoms with Gasteiger partial charge in [0.1, 0.15) is 0 Å². The monoisotopic (exact) mass is 533 g/mol. The first-order valence-electron chi connectivity index (χ1n) is 13.4. The summed E-state index contributed by atoms with van der Waals surface area (Å²) in [4.78, 5) is 9.31. The van der Waals surface area contributed by atoms with Crippen molar-refractivity contribution in [1.82, 2.24) is 4.98 Å². The van der Waals surface area contributed by atoms with Crippen molar-refractivity contribution in [2.75, 3.05) is 9.80 Å². The third-order valence-corrected chi connectivity index (χ3v) is 8.47. The molecule has 0 saturated carbocycles. The normalized spacial score (nSPS) is 14.8. The SMILES string of the molecule is C=C1/C=C\C=C/Cc2ccccc2N1c1ccc2sc3c(N(c4ccccc4)c4ccccc4)cncc3c2c1. The molecule has 1 aliphatic heterocycles. The molecule has 40 heavy (non-hydrogen) atoms. The van der Waals surface area contributed by atoms with Crippen molar-refractivity contribution in [3.8, 4) is 0 Å². The molecular formula is C36H27N3S. The van der Waals surface area contributed by atoms with Crippen LogP contribution < -0.4 is 9.80 Å². The highest BCUT2D eigenvalue weighted by Crippen LogP contribution is 2.45. The zero-order valence-corrected chi connectivity index (χ0v) is 22.8. The lowest BCUT2D eigenvalue weighted by molar-refractivity contribution is 1.17. The third-order valence-electron chi connectivity index (χ3n) is 7.26. The quantitative estimate of drug-likeness (QED) is 0.225. The molecular weight excluding hydrogens is 506 g/mol. The minimum atomic E-state index is 0.871. The molecule has 0 atom stereocenters. The number of thiophene rings is 1. The fourth-order valence-corrected chi connectivity index (χ4v) is 6.58. The van der Waals surface area contributed by atoms with Gasteiger partial charge in [0.2, 0.25) is 0 Å². The summed E-state index contributed by atoms with van der Waals surface area (Å²) >= 11 is 1.81. The Balaban J connectivity index is 1.42. The number of para-hydroxylation sites is 3.